The second-order valence-electron chi connectivity index (χ2n) is 4.73. The number of H-pyrrole nitrogens is 1. The van der Waals surface area contributed by atoms with E-state index in [1.54, 1.807) is 0 Å². The normalized spacial score (nSPS) is 32.3. The molecule has 3 N–H and O–H groups in total. The molecule has 2 heterocycles. The number of hydrogen-bond donors (Lipinski definition) is 3. The highest BCUT2D eigenvalue weighted by atomic mass is 35.5. The first-order valence-electron chi connectivity index (χ1n) is 6.26. The summed E-state index contributed by atoms with van der Waals surface area (Å²) >= 11 is 6.23. The van der Waals surface area contributed by atoms with Gasteiger partial charge in [-0.05, 0) is 6.92 Å². The van der Waals surface area contributed by atoms with Gasteiger partial charge in [-0.25, -0.2) is 9.18 Å². The number of aromatic amines is 1. The van der Waals surface area contributed by atoms with E-state index in [2.05, 4.69) is 16.9 Å². The smallest absolute Gasteiger partial charge is 0.347 e. The molecule has 1 aromatic heterocycles. The van der Waals surface area contributed by atoms with Crippen LogP contribution >= 0.6 is 11.6 Å². The van der Waals surface area contributed by atoms with Crippen molar-refractivity contribution in [3.8, 4) is 11.8 Å². The molecule has 1 fully saturated rings. The molecular formula is C12H13ClFN3O5. The molecule has 8 nitrogen and oxygen atoms in total. The van der Waals surface area contributed by atoms with E-state index in [0.717, 1.165) is 6.20 Å². The highest BCUT2D eigenvalue weighted by Gasteiger charge is 2.57. The molecule has 1 saturated heterocycles. The Balaban J connectivity index is 2.55. The zero-order chi connectivity index (χ0) is 16.5. The van der Waals surface area contributed by atoms with Crippen LogP contribution in [-0.2, 0) is 4.74 Å². The van der Waals surface area contributed by atoms with E-state index >= 15 is 0 Å². The van der Waals surface area contributed by atoms with E-state index in [-0.39, 0.29) is 0 Å². The lowest BCUT2D eigenvalue weighted by Gasteiger charge is -2.24. The summed E-state index contributed by atoms with van der Waals surface area (Å²) in [7, 11) is 0. The van der Waals surface area contributed by atoms with Gasteiger partial charge in [0.25, 0.3) is 5.56 Å². The Labute approximate surface area is 128 Å². The topological polar surface area (TPSA) is 117 Å². The molecule has 0 saturated carbocycles. The van der Waals surface area contributed by atoms with Crippen LogP contribution in [0.2, 0.25) is 0 Å². The van der Waals surface area contributed by atoms with Crippen molar-refractivity contribution in [3.05, 3.63) is 27.0 Å². The third-order valence-corrected chi connectivity index (χ3v) is 3.67. The van der Waals surface area contributed by atoms with E-state index in [9.17, 15) is 24.2 Å². The standard InChI is InChI=1S/C12H13ClFN3O5/c1-6(18)8-9(20)12(13,3-2-4-14)10(22-8)17-11(21)16-7(19)5-15-17/h5-6,8-10,18,20H,4H2,1H3,(H,16,19,21)/t6-,8+,9-,10+,12?/m0/s1. The number of ether oxygens (including phenoxy) is 1. The van der Waals surface area contributed by atoms with Crippen molar-refractivity contribution in [1.29, 1.82) is 0 Å². The quantitative estimate of drug-likeness (QED) is 0.449. The lowest BCUT2D eigenvalue weighted by Crippen LogP contribution is -2.46. The molecule has 5 atom stereocenters. The van der Waals surface area contributed by atoms with Crippen LogP contribution in [0.1, 0.15) is 13.2 Å². The Bertz CT molecular complexity index is 724. The zero-order valence-corrected chi connectivity index (χ0v) is 12.1. The van der Waals surface area contributed by atoms with Crippen LogP contribution in [0.15, 0.2) is 15.8 Å². The highest BCUT2D eigenvalue weighted by Crippen LogP contribution is 2.43. The predicted molar refractivity (Wildman–Crippen MR) is 73.1 cm³/mol. The van der Waals surface area contributed by atoms with Crippen molar-refractivity contribution < 1.29 is 19.3 Å². The summed E-state index contributed by atoms with van der Waals surface area (Å²) in [4.78, 5) is 22.9. The minimum absolute atomic E-state index is 0.674. The number of aromatic nitrogens is 3. The van der Waals surface area contributed by atoms with Gasteiger partial charge in [0.15, 0.2) is 11.1 Å². The number of rotatable bonds is 2. The van der Waals surface area contributed by atoms with Gasteiger partial charge in [-0.15, -0.1) is 0 Å². The van der Waals surface area contributed by atoms with E-state index in [4.69, 9.17) is 16.3 Å². The average Bonchev–Trinajstić information content (AvgIpc) is 2.70. The molecule has 22 heavy (non-hydrogen) atoms. The van der Waals surface area contributed by atoms with Gasteiger partial charge in [-0.1, -0.05) is 23.4 Å². The largest absolute Gasteiger partial charge is 0.391 e. The molecule has 120 valence electrons. The molecule has 2 rings (SSSR count). The summed E-state index contributed by atoms with van der Waals surface area (Å²) < 4.78 is 18.4. The molecule has 0 aromatic carbocycles. The molecule has 0 spiro atoms. The van der Waals surface area contributed by atoms with E-state index in [0.29, 0.717) is 4.68 Å². The minimum Gasteiger partial charge on any atom is -0.391 e. The molecule has 0 amide bonds. The number of aliphatic hydroxyl groups excluding tert-OH is 2. The first-order valence-corrected chi connectivity index (χ1v) is 6.63. The fourth-order valence-corrected chi connectivity index (χ4v) is 2.49. The number of aliphatic hydroxyl groups is 2. The highest BCUT2D eigenvalue weighted by molar-refractivity contribution is 6.27. The summed E-state index contributed by atoms with van der Waals surface area (Å²) in [6.45, 7) is 0.320. The van der Waals surface area contributed by atoms with E-state index in [1.807, 2.05) is 4.98 Å². The van der Waals surface area contributed by atoms with E-state index < -0.39 is 47.3 Å². The maximum Gasteiger partial charge on any atom is 0.347 e. The van der Waals surface area contributed by atoms with Crippen LogP contribution in [0.4, 0.5) is 4.39 Å². The van der Waals surface area contributed by atoms with Crippen molar-refractivity contribution in [2.24, 2.45) is 0 Å². The fourth-order valence-electron chi connectivity index (χ4n) is 2.15. The molecule has 10 heteroatoms. The lowest BCUT2D eigenvalue weighted by atomic mass is 9.97. The summed E-state index contributed by atoms with van der Waals surface area (Å²) in [6.07, 6.45) is -4.43. The number of nitrogens with one attached hydrogen (secondary N) is 1. The van der Waals surface area contributed by atoms with Crippen molar-refractivity contribution in [2.45, 2.75) is 36.3 Å². The lowest BCUT2D eigenvalue weighted by molar-refractivity contribution is -0.0810. The first kappa shape index (κ1) is 16.6. The SMILES string of the molecule is C[C@H](O)[C@H]1O[C@@H](n2ncc(=O)[nH]c2=O)C(Cl)(C#CCF)[C@H]1O. The predicted octanol–water partition coefficient (Wildman–Crippen LogP) is -1.48. The number of hydrogen-bond acceptors (Lipinski definition) is 6. The average molecular weight is 334 g/mol. The van der Waals surface area contributed by atoms with Crippen molar-refractivity contribution in [1.82, 2.24) is 14.8 Å². The number of nitrogens with zero attached hydrogens (tertiary/aromatic N) is 2. The van der Waals surface area contributed by atoms with Crippen LogP contribution < -0.4 is 11.2 Å². The van der Waals surface area contributed by atoms with Gasteiger partial charge in [0.2, 0.25) is 0 Å². The molecule has 1 aliphatic rings. The number of alkyl halides is 2. The Hall–Kier alpha value is -1.73. The monoisotopic (exact) mass is 333 g/mol. The van der Waals surface area contributed by atoms with Crippen LogP contribution in [0.3, 0.4) is 0 Å². The number of halogens is 2. The van der Waals surface area contributed by atoms with Gasteiger partial charge in [0.05, 0.1) is 6.10 Å². The maximum absolute atomic E-state index is 12.3. The Morgan fingerprint density at radius 1 is 1.68 bits per heavy atom. The van der Waals surface area contributed by atoms with Crippen molar-refractivity contribution in [2.75, 3.05) is 6.67 Å². The Morgan fingerprint density at radius 2 is 2.36 bits per heavy atom. The molecule has 1 aliphatic heterocycles. The molecule has 1 aromatic rings. The molecule has 0 radical (unpaired) electrons. The minimum atomic E-state index is -1.91. The summed E-state index contributed by atoms with van der Waals surface area (Å²) in [6, 6.07) is 0. The third-order valence-electron chi connectivity index (χ3n) is 3.17. The van der Waals surface area contributed by atoms with Crippen LogP contribution in [0, 0.1) is 11.8 Å². The van der Waals surface area contributed by atoms with Gasteiger partial charge < -0.3 is 14.9 Å². The van der Waals surface area contributed by atoms with Gasteiger partial charge in [-0.3, -0.25) is 9.78 Å². The third kappa shape index (κ3) is 2.78. The van der Waals surface area contributed by atoms with Crippen LogP contribution in [0.5, 0.6) is 0 Å². The van der Waals surface area contributed by atoms with Crippen LogP contribution in [0.25, 0.3) is 0 Å². The summed E-state index contributed by atoms with van der Waals surface area (Å²) in [5, 5.41) is 23.4. The van der Waals surface area contributed by atoms with Crippen molar-refractivity contribution in [3.63, 3.8) is 0 Å². The summed E-state index contributed by atoms with van der Waals surface area (Å²) in [5.41, 5.74) is -1.68. The van der Waals surface area contributed by atoms with Crippen molar-refractivity contribution >= 4 is 11.6 Å². The second-order valence-corrected chi connectivity index (χ2v) is 5.35. The zero-order valence-electron chi connectivity index (χ0n) is 11.4. The molecular weight excluding hydrogens is 321 g/mol. The van der Waals surface area contributed by atoms with Gasteiger partial charge >= 0.3 is 5.69 Å². The second kappa shape index (κ2) is 6.18. The van der Waals surface area contributed by atoms with Gasteiger partial charge in [0, 0.05) is 0 Å². The molecule has 0 aliphatic carbocycles. The van der Waals surface area contributed by atoms with Gasteiger partial charge in [-0.2, -0.15) is 9.78 Å². The molecule has 0 bridgehead atoms. The Morgan fingerprint density at radius 3 is 2.91 bits per heavy atom. The summed E-state index contributed by atoms with van der Waals surface area (Å²) in [5.74, 6) is 4.36. The molecule has 1 unspecified atom stereocenters. The Kier molecular flexibility index (Phi) is 4.67. The van der Waals surface area contributed by atoms with E-state index in [1.165, 1.54) is 6.92 Å². The first-order chi connectivity index (χ1) is 10.3. The fraction of sp³-hybridized carbons (Fsp3) is 0.583. The van der Waals surface area contributed by atoms with Crippen LogP contribution in [-0.4, -0.2) is 54.8 Å². The van der Waals surface area contributed by atoms with Gasteiger partial charge in [0.1, 0.15) is 25.1 Å². The maximum atomic E-state index is 12.3.